The molecular weight excluding hydrogens is 268 g/mol. The SMILES string of the molecule is CN=C(NCCC(=O)N(C)C)N(C)CCC1CCOCC1. The summed E-state index contributed by atoms with van der Waals surface area (Å²) in [6, 6.07) is 0. The molecule has 0 bridgehead atoms. The topological polar surface area (TPSA) is 57.2 Å². The maximum Gasteiger partial charge on any atom is 0.223 e. The van der Waals surface area contributed by atoms with Gasteiger partial charge in [0.25, 0.3) is 0 Å². The molecule has 0 unspecified atom stereocenters. The number of carbonyl (C=O) groups is 1. The Kier molecular flexibility index (Phi) is 8.12. The fourth-order valence-corrected chi connectivity index (χ4v) is 2.41. The summed E-state index contributed by atoms with van der Waals surface area (Å²) in [5, 5.41) is 3.25. The molecule has 122 valence electrons. The Morgan fingerprint density at radius 3 is 2.52 bits per heavy atom. The second-order valence-corrected chi connectivity index (χ2v) is 5.78. The van der Waals surface area contributed by atoms with Crippen LogP contribution in [0.15, 0.2) is 4.99 Å². The molecule has 1 heterocycles. The number of amides is 1. The van der Waals surface area contributed by atoms with Gasteiger partial charge in [-0.2, -0.15) is 0 Å². The number of ether oxygens (including phenoxy) is 1. The van der Waals surface area contributed by atoms with Crippen LogP contribution < -0.4 is 5.32 Å². The second-order valence-electron chi connectivity index (χ2n) is 5.78. The lowest BCUT2D eigenvalue weighted by Crippen LogP contribution is -2.41. The van der Waals surface area contributed by atoms with E-state index < -0.39 is 0 Å². The van der Waals surface area contributed by atoms with Crippen LogP contribution in [0, 0.1) is 5.92 Å². The van der Waals surface area contributed by atoms with Gasteiger partial charge in [-0.05, 0) is 25.2 Å². The first-order chi connectivity index (χ1) is 10.0. The van der Waals surface area contributed by atoms with Gasteiger partial charge in [-0.1, -0.05) is 0 Å². The molecule has 1 rings (SSSR count). The second kappa shape index (κ2) is 9.60. The third kappa shape index (κ3) is 6.80. The lowest BCUT2D eigenvalue weighted by atomic mass is 9.96. The number of nitrogens with zero attached hydrogens (tertiary/aromatic N) is 3. The predicted octanol–water partition coefficient (Wildman–Crippen LogP) is 0.789. The van der Waals surface area contributed by atoms with Gasteiger partial charge < -0.3 is 19.9 Å². The molecular formula is C15H30N4O2. The van der Waals surface area contributed by atoms with Gasteiger partial charge in [0.15, 0.2) is 5.96 Å². The van der Waals surface area contributed by atoms with Crippen molar-refractivity contribution >= 4 is 11.9 Å². The van der Waals surface area contributed by atoms with Crippen LogP contribution in [0.4, 0.5) is 0 Å². The molecule has 1 N–H and O–H groups in total. The Balaban J connectivity index is 2.25. The average molecular weight is 298 g/mol. The highest BCUT2D eigenvalue weighted by molar-refractivity contribution is 5.81. The lowest BCUT2D eigenvalue weighted by Gasteiger charge is -2.26. The molecule has 6 heteroatoms. The van der Waals surface area contributed by atoms with Crippen LogP contribution in [0.2, 0.25) is 0 Å². The van der Waals surface area contributed by atoms with E-state index >= 15 is 0 Å². The van der Waals surface area contributed by atoms with E-state index in [0.29, 0.717) is 13.0 Å². The lowest BCUT2D eigenvalue weighted by molar-refractivity contribution is -0.128. The third-order valence-electron chi connectivity index (χ3n) is 3.91. The number of nitrogens with one attached hydrogen (secondary N) is 1. The molecule has 0 aromatic carbocycles. The minimum absolute atomic E-state index is 0.128. The fraction of sp³-hybridized carbons (Fsp3) is 0.867. The number of hydrogen-bond donors (Lipinski definition) is 1. The molecule has 0 saturated carbocycles. The Bertz CT molecular complexity index is 339. The van der Waals surface area contributed by atoms with Crippen molar-refractivity contribution in [3.05, 3.63) is 0 Å². The van der Waals surface area contributed by atoms with Crippen LogP contribution in [0.25, 0.3) is 0 Å². The standard InChI is InChI=1S/C15H30N4O2/c1-16-15(17-9-5-14(20)18(2)3)19(4)10-6-13-7-11-21-12-8-13/h13H,5-12H2,1-4H3,(H,16,17). The van der Waals surface area contributed by atoms with Gasteiger partial charge in [-0.3, -0.25) is 9.79 Å². The molecule has 1 aliphatic rings. The van der Waals surface area contributed by atoms with Crippen molar-refractivity contribution in [3.8, 4) is 0 Å². The Hall–Kier alpha value is -1.30. The number of carbonyl (C=O) groups excluding carboxylic acids is 1. The molecule has 1 fully saturated rings. The van der Waals surface area contributed by atoms with Crippen molar-refractivity contribution in [2.24, 2.45) is 10.9 Å². The number of aliphatic imine (C=N–C) groups is 1. The largest absolute Gasteiger partial charge is 0.381 e. The predicted molar refractivity (Wildman–Crippen MR) is 85.5 cm³/mol. The monoisotopic (exact) mass is 298 g/mol. The van der Waals surface area contributed by atoms with Gasteiger partial charge in [0.2, 0.25) is 5.91 Å². The zero-order valence-corrected chi connectivity index (χ0v) is 13.9. The van der Waals surface area contributed by atoms with Gasteiger partial charge in [-0.15, -0.1) is 0 Å². The minimum atomic E-state index is 0.128. The first-order valence-corrected chi connectivity index (χ1v) is 7.74. The van der Waals surface area contributed by atoms with Gasteiger partial charge in [0.1, 0.15) is 0 Å². The van der Waals surface area contributed by atoms with E-state index in [1.807, 2.05) is 7.05 Å². The third-order valence-corrected chi connectivity index (χ3v) is 3.91. The van der Waals surface area contributed by atoms with E-state index in [4.69, 9.17) is 4.74 Å². The smallest absolute Gasteiger partial charge is 0.223 e. The maximum atomic E-state index is 11.5. The van der Waals surface area contributed by atoms with Crippen molar-refractivity contribution in [2.75, 3.05) is 54.5 Å². The van der Waals surface area contributed by atoms with Crippen LogP contribution in [-0.4, -0.2) is 76.2 Å². The molecule has 1 aliphatic heterocycles. The zero-order chi connectivity index (χ0) is 15.7. The molecule has 1 amide bonds. The quantitative estimate of drug-likeness (QED) is 0.582. The first kappa shape index (κ1) is 17.8. The molecule has 21 heavy (non-hydrogen) atoms. The number of rotatable bonds is 6. The maximum absolute atomic E-state index is 11.5. The fourth-order valence-electron chi connectivity index (χ4n) is 2.41. The summed E-state index contributed by atoms with van der Waals surface area (Å²) in [6.45, 7) is 3.39. The molecule has 0 radical (unpaired) electrons. The van der Waals surface area contributed by atoms with E-state index in [0.717, 1.165) is 50.9 Å². The molecule has 0 aromatic heterocycles. The van der Waals surface area contributed by atoms with E-state index in [-0.39, 0.29) is 5.91 Å². The molecule has 6 nitrogen and oxygen atoms in total. The summed E-state index contributed by atoms with van der Waals surface area (Å²) in [4.78, 5) is 19.6. The molecule has 0 atom stereocenters. The van der Waals surface area contributed by atoms with Gasteiger partial charge in [-0.25, -0.2) is 0 Å². The van der Waals surface area contributed by atoms with Crippen molar-refractivity contribution < 1.29 is 9.53 Å². The Morgan fingerprint density at radius 1 is 1.29 bits per heavy atom. The van der Waals surface area contributed by atoms with Crippen LogP contribution in [0.5, 0.6) is 0 Å². The van der Waals surface area contributed by atoms with Crippen LogP contribution >= 0.6 is 0 Å². The van der Waals surface area contributed by atoms with Gasteiger partial charge >= 0.3 is 0 Å². The Morgan fingerprint density at radius 2 is 1.95 bits per heavy atom. The summed E-state index contributed by atoms with van der Waals surface area (Å²) in [6.07, 6.45) is 3.98. The van der Waals surface area contributed by atoms with E-state index in [1.165, 1.54) is 0 Å². The molecule has 0 aliphatic carbocycles. The highest BCUT2D eigenvalue weighted by Crippen LogP contribution is 2.18. The summed E-state index contributed by atoms with van der Waals surface area (Å²) < 4.78 is 5.38. The normalized spacial score (nSPS) is 16.7. The van der Waals surface area contributed by atoms with E-state index in [1.54, 1.807) is 26.0 Å². The molecule has 0 aromatic rings. The summed E-state index contributed by atoms with van der Waals surface area (Å²) >= 11 is 0. The van der Waals surface area contributed by atoms with Gasteiger partial charge in [0, 0.05) is 60.9 Å². The molecule has 1 saturated heterocycles. The highest BCUT2D eigenvalue weighted by Gasteiger charge is 2.15. The van der Waals surface area contributed by atoms with Gasteiger partial charge in [0.05, 0.1) is 0 Å². The van der Waals surface area contributed by atoms with Crippen LogP contribution in [-0.2, 0) is 9.53 Å². The minimum Gasteiger partial charge on any atom is -0.381 e. The number of hydrogen-bond acceptors (Lipinski definition) is 3. The van der Waals surface area contributed by atoms with E-state index in [2.05, 4.69) is 15.2 Å². The Labute approximate surface area is 128 Å². The summed E-state index contributed by atoms with van der Waals surface area (Å²) in [7, 11) is 7.37. The van der Waals surface area contributed by atoms with E-state index in [9.17, 15) is 4.79 Å². The summed E-state index contributed by atoms with van der Waals surface area (Å²) in [5.74, 6) is 1.74. The van der Waals surface area contributed by atoms with Crippen molar-refractivity contribution in [1.82, 2.24) is 15.1 Å². The van der Waals surface area contributed by atoms with Crippen molar-refractivity contribution in [2.45, 2.75) is 25.7 Å². The van der Waals surface area contributed by atoms with Crippen molar-refractivity contribution in [3.63, 3.8) is 0 Å². The van der Waals surface area contributed by atoms with Crippen LogP contribution in [0.1, 0.15) is 25.7 Å². The highest BCUT2D eigenvalue weighted by atomic mass is 16.5. The number of guanidine groups is 1. The zero-order valence-electron chi connectivity index (χ0n) is 13.9. The first-order valence-electron chi connectivity index (χ1n) is 7.74. The summed E-state index contributed by atoms with van der Waals surface area (Å²) in [5.41, 5.74) is 0. The van der Waals surface area contributed by atoms with Crippen molar-refractivity contribution in [1.29, 1.82) is 0 Å². The average Bonchev–Trinajstić information content (AvgIpc) is 2.50. The molecule has 0 spiro atoms. The van der Waals surface area contributed by atoms with Crippen LogP contribution in [0.3, 0.4) is 0 Å².